The van der Waals surface area contributed by atoms with Crippen molar-refractivity contribution < 1.29 is 4.42 Å². The first kappa shape index (κ1) is 30.6. The van der Waals surface area contributed by atoms with Crippen LogP contribution in [0.1, 0.15) is 5.56 Å². The molecule has 4 heterocycles. The van der Waals surface area contributed by atoms with E-state index in [1.54, 1.807) is 0 Å². The summed E-state index contributed by atoms with van der Waals surface area (Å²) >= 11 is 1.81. The highest BCUT2D eigenvalue weighted by atomic mass is 32.1. The maximum Gasteiger partial charge on any atom is 0.164 e. The molecule has 0 radical (unpaired) electrons. The molecule has 0 aliphatic rings. The van der Waals surface area contributed by atoms with Gasteiger partial charge in [0.1, 0.15) is 17.0 Å². The third-order valence-electron chi connectivity index (χ3n) is 10.1. The van der Waals surface area contributed by atoms with Gasteiger partial charge in [-0.2, -0.15) is 0 Å². The predicted molar refractivity (Wildman–Crippen MR) is 221 cm³/mol. The Kier molecular flexibility index (Phi) is 6.84. The summed E-state index contributed by atoms with van der Waals surface area (Å²) in [6.45, 7) is 2.14. The lowest BCUT2D eigenvalue weighted by molar-refractivity contribution is 0.669. The van der Waals surface area contributed by atoms with E-state index in [-0.39, 0.29) is 0 Å². The summed E-state index contributed by atoms with van der Waals surface area (Å²) in [5, 5.41) is 4.36. The Morgan fingerprint density at radius 1 is 0.519 bits per heavy atom. The van der Waals surface area contributed by atoms with Gasteiger partial charge in [0.2, 0.25) is 0 Å². The molecule has 0 saturated carbocycles. The van der Waals surface area contributed by atoms with Gasteiger partial charge in [0.05, 0.1) is 16.6 Å². The van der Waals surface area contributed by atoms with E-state index < -0.39 is 0 Å². The first-order valence-corrected chi connectivity index (χ1v) is 18.7. The van der Waals surface area contributed by atoms with E-state index in [0.29, 0.717) is 17.5 Å². The van der Waals surface area contributed by atoms with E-state index in [4.69, 9.17) is 24.4 Å². The molecule has 11 aromatic rings. The fourth-order valence-electron chi connectivity index (χ4n) is 7.62. The van der Waals surface area contributed by atoms with Gasteiger partial charge in [-0.05, 0) is 73.2 Å². The first-order chi connectivity index (χ1) is 26.7. The van der Waals surface area contributed by atoms with Crippen molar-refractivity contribution in [3.05, 3.63) is 163 Å². The largest absolute Gasteiger partial charge is 0.455 e. The molecule has 0 amide bonds. The van der Waals surface area contributed by atoms with Gasteiger partial charge in [0, 0.05) is 53.3 Å². The predicted octanol–water partition coefficient (Wildman–Crippen LogP) is 12.5. The smallest absolute Gasteiger partial charge is 0.164 e. The van der Waals surface area contributed by atoms with Crippen molar-refractivity contribution in [2.75, 3.05) is 0 Å². The number of thiophene rings is 1. The average molecular weight is 712 g/mol. The molecule has 254 valence electrons. The lowest BCUT2D eigenvalue weighted by atomic mass is 10.0. The molecule has 54 heavy (non-hydrogen) atoms. The maximum absolute atomic E-state index is 6.78. The molecule has 0 atom stereocenters. The first-order valence-electron chi connectivity index (χ1n) is 17.9. The fraction of sp³-hybridized carbons (Fsp3) is 0.0213. The molecule has 0 aliphatic carbocycles. The molecule has 11 rings (SSSR count). The molecule has 0 spiro atoms. The molecule has 0 N–H and O–H groups in total. The van der Waals surface area contributed by atoms with Crippen LogP contribution in [-0.2, 0) is 0 Å². The number of benzene rings is 7. The molecule has 0 bridgehead atoms. The molecular formula is C47H29N5OS. The third-order valence-corrected chi connectivity index (χ3v) is 11.3. The molecule has 7 aromatic carbocycles. The highest BCUT2D eigenvalue weighted by molar-refractivity contribution is 7.25. The van der Waals surface area contributed by atoms with Crippen molar-refractivity contribution in [1.29, 1.82) is 0 Å². The molecule has 0 aliphatic heterocycles. The molecule has 0 unspecified atom stereocenters. The van der Waals surface area contributed by atoms with Gasteiger partial charge in [-0.1, -0.05) is 97.1 Å². The van der Waals surface area contributed by atoms with Crippen molar-refractivity contribution in [2.45, 2.75) is 6.92 Å². The number of fused-ring (bicyclic) bond motifs is 7. The SMILES string of the molecule is Cc1ccc2c(c1)sc1ccc(-c3nc(-c4ccccc4)nc(-c4cccc5oc6c(-c7nc8ccccc8n7-c7ccccc7)cccc6c45)n3)cc12. The Morgan fingerprint density at radius 3 is 2.13 bits per heavy atom. The van der Waals surface area contributed by atoms with Crippen molar-refractivity contribution in [3.63, 3.8) is 0 Å². The normalized spacial score (nSPS) is 11.8. The van der Waals surface area contributed by atoms with E-state index in [0.717, 1.165) is 66.7 Å². The standard InChI is InChI=1S/C47H29N5OS/c1-28-22-24-32-36-27-30(23-25-40(36)54-41(32)26-28)45-49-44(29-12-4-2-5-13-29)50-46(51-45)34-17-11-21-39-42(34)33-16-10-18-35(43(33)53-39)47-48-37-19-8-9-20-38(37)52(47)31-14-6-3-7-15-31/h2-27H,1H3. The number of imidazole rings is 1. The van der Waals surface area contributed by atoms with Crippen LogP contribution in [0.2, 0.25) is 0 Å². The number of hydrogen-bond donors (Lipinski definition) is 0. The second-order valence-electron chi connectivity index (χ2n) is 13.5. The number of aryl methyl sites for hydroxylation is 1. The average Bonchev–Trinajstić information content (AvgIpc) is 3.92. The number of para-hydroxylation sites is 4. The summed E-state index contributed by atoms with van der Waals surface area (Å²) in [6.07, 6.45) is 0. The van der Waals surface area contributed by atoms with Gasteiger partial charge in [0.25, 0.3) is 0 Å². The Bertz CT molecular complexity index is 3230. The van der Waals surface area contributed by atoms with Gasteiger partial charge in [-0.3, -0.25) is 4.57 Å². The summed E-state index contributed by atoms with van der Waals surface area (Å²) in [6, 6.07) is 54.3. The van der Waals surface area contributed by atoms with Gasteiger partial charge < -0.3 is 4.42 Å². The highest BCUT2D eigenvalue weighted by Gasteiger charge is 2.22. The van der Waals surface area contributed by atoms with Crippen LogP contribution in [0.4, 0.5) is 0 Å². The Morgan fingerprint density at radius 2 is 1.26 bits per heavy atom. The van der Waals surface area contributed by atoms with Crippen LogP contribution in [-0.4, -0.2) is 24.5 Å². The number of rotatable bonds is 5. The van der Waals surface area contributed by atoms with Crippen LogP contribution in [0.25, 0.3) is 104 Å². The summed E-state index contributed by atoms with van der Waals surface area (Å²) in [4.78, 5) is 20.6. The topological polar surface area (TPSA) is 69.6 Å². The van der Waals surface area contributed by atoms with E-state index in [1.807, 2.05) is 65.9 Å². The lowest BCUT2D eigenvalue weighted by Crippen LogP contribution is -2.00. The van der Waals surface area contributed by atoms with E-state index in [9.17, 15) is 0 Å². The van der Waals surface area contributed by atoms with Gasteiger partial charge in [-0.25, -0.2) is 19.9 Å². The van der Waals surface area contributed by atoms with Crippen LogP contribution < -0.4 is 0 Å². The highest BCUT2D eigenvalue weighted by Crippen LogP contribution is 2.42. The van der Waals surface area contributed by atoms with Crippen LogP contribution in [0.5, 0.6) is 0 Å². The third kappa shape index (κ3) is 4.86. The maximum atomic E-state index is 6.78. The van der Waals surface area contributed by atoms with Crippen LogP contribution in [0.15, 0.2) is 162 Å². The van der Waals surface area contributed by atoms with Gasteiger partial charge >= 0.3 is 0 Å². The quantitative estimate of drug-likeness (QED) is 0.178. The van der Waals surface area contributed by atoms with Crippen LogP contribution >= 0.6 is 11.3 Å². The second-order valence-corrected chi connectivity index (χ2v) is 14.6. The van der Waals surface area contributed by atoms with E-state index >= 15 is 0 Å². The molecule has 0 saturated heterocycles. The summed E-state index contributed by atoms with van der Waals surface area (Å²) in [5.74, 6) is 2.63. The second kappa shape index (κ2) is 12.0. The zero-order valence-corrected chi connectivity index (χ0v) is 29.9. The summed E-state index contributed by atoms with van der Waals surface area (Å²) in [5.41, 5.74) is 9.39. The monoisotopic (exact) mass is 711 g/mol. The minimum absolute atomic E-state index is 0.583. The molecule has 6 nitrogen and oxygen atoms in total. The van der Waals surface area contributed by atoms with Crippen molar-refractivity contribution in [3.8, 4) is 51.2 Å². The molecule has 4 aromatic heterocycles. The fourth-order valence-corrected chi connectivity index (χ4v) is 8.81. The molecule has 7 heteroatoms. The Labute approximate surface area is 313 Å². The molecular weight excluding hydrogens is 683 g/mol. The number of aromatic nitrogens is 5. The van der Waals surface area contributed by atoms with Gasteiger partial charge in [0.15, 0.2) is 17.5 Å². The Hall–Kier alpha value is -6.96. The number of furan rings is 1. The van der Waals surface area contributed by atoms with E-state index in [2.05, 4.69) is 115 Å². The zero-order chi connectivity index (χ0) is 35.8. The minimum atomic E-state index is 0.583. The van der Waals surface area contributed by atoms with Crippen molar-refractivity contribution in [1.82, 2.24) is 24.5 Å². The lowest BCUT2D eigenvalue weighted by Gasteiger charge is -2.10. The summed E-state index contributed by atoms with van der Waals surface area (Å²) < 4.78 is 11.5. The zero-order valence-electron chi connectivity index (χ0n) is 29.1. The minimum Gasteiger partial charge on any atom is -0.455 e. The van der Waals surface area contributed by atoms with Crippen molar-refractivity contribution in [2.24, 2.45) is 0 Å². The van der Waals surface area contributed by atoms with Crippen LogP contribution in [0.3, 0.4) is 0 Å². The Balaban J connectivity index is 1.14. The number of nitrogens with zero attached hydrogens (tertiary/aromatic N) is 5. The van der Waals surface area contributed by atoms with Gasteiger partial charge in [-0.15, -0.1) is 11.3 Å². The van der Waals surface area contributed by atoms with E-state index in [1.165, 1.54) is 25.7 Å². The van der Waals surface area contributed by atoms with Crippen molar-refractivity contribution >= 4 is 64.5 Å². The molecule has 0 fully saturated rings. The van der Waals surface area contributed by atoms with Crippen LogP contribution in [0, 0.1) is 6.92 Å². The number of hydrogen-bond acceptors (Lipinski definition) is 6. The summed E-state index contributed by atoms with van der Waals surface area (Å²) in [7, 11) is 0.